The first-order chi connectivity index (χ1) is 15.3. The third kappa shape index (κ3) is 3.71. The number of aliphatic hydroxyl groups is 1. The van der Waals surface area contributed by atoms with E-state index >= 15 is 0 Å². The van der Waals surface area contributed by atoms with Crippen LogP contribution in [0.3, 0.4) is 0 Å². The van der Waals surface area contributed by atoms with E-state index in [-0.39, 0.29) is 11.9 Å². The van der Waals surface area contributed by atoms with Gasteiger partial charge in [-0.3, -0.25) is 4.90 Å². The first kappa shape index (κ1) is 20.8. The average molecular weight is 448 g/mol. The molecule has 1 aromatic carbocycles. The van der Waals surface area contributed by atoms with E-state index in [1.807, 2.05) is 4.90 Å². The second-order valence-corrected chi connectivity index (χ2v) is 8.04. The molecule has 0 amide bonds. The maximum absolute atomic E-state index is 14.0. The number of hydrogen-bond donors (Lipinski definition) is 1. The van der Waals surface area contributed by atoms with Crippen molar-refractivity contribution in [1.82, 2.24) is 24.9 Å². The quantitative estimate of drug-likeness (QED) is 0.619. The molecule has 2 aromatic heterocycles. The number of anilines is 1. The van der Waals surface area contributed by atoms with Gasteiger partial charge in [0.15, 0.2) is 0 Å². The molecule has 3 atom stereocenters. The number of likely N-dealkylation sites (tertiary alicyclic amines) is 1. The van der Waals surface area contributed by atoms with Crippen LogP contribution in [0.1, 0.15) is 23.9 Å². The Morgan fingerprint density at radius 2 is 1.84 bits per heavy atom. The van der Waals surface area contributed by atoms with Crippen LogP contribution in [0.2, 0.25) is 0 Å². The molecule has 3 aromatic rings. The molecule has 1 N–H and O–H groups in total. The molecule has 0 saturated carbocycles. The summed E-state index contributed by atoms with van der Waals surface area (Å²) in [4.78, 5) is 8.74. The van der Waals surface area contributed by atoms with Crippen molar-refractivity contribution >= 4 is 5.82 Å². The van der Waals surface area contributed by atoms with Gasteiger partial charge < -0.3 is 10.0 Å². The van der Waals surface area contributed by atoms with E-state index in [2.05, 4.69) is 15.2 Å². The molecule has 2 aliphatic heterocycles. The highest BCUT2D eigenvalue weighted by atomic mass is 19.4. The van der Waals surface area contributed by atoms with Crippen molar-refractivity contribution in [3.63, 3.8) is 0 Å². The maximum Gasteiger partial charge on any atom is 0.433 e. The second kappa shape index (κ2) is 7.82. The minimum atomic E-state index is -4.51. The van der Waals surface area contributed by atoms with Crippen LogP contribution in [-0.2, 0) is 6.18 Å². The second-order valence-electron chi connectivity index (χ2n) is 8.04. The van der Waals surface area contributed by atoms with Crippen LogP contribution in [0.25, 0.3) is 5.69 Å². The minimum absolute atomic E-state index is 0.0887. The van der Waals surface area contributed by atoms with E-state index in [4.69, 9.17) is 0 Å². The Morgan fingerprint density at radius 3 is 2.59 bits per heavy atom. The topological polar surface area (TPSA) is 70.3 Å². The van der Waals surface area contributed by atoms with Gasteiger partial charge in [-0.25, -0.2) is 9.37 Å². The standard InChI is InChI=1S/C21H20F4N6O/c22-14-4-5-16(31-26-7-8-27-31)15(10-14)20(32)29-9-6-13-11-30(17(13)12-29)19-3-1-2-18(28-19)21(23,24)25/h1-5,7-8,10,13,17,20,32H,6,9,11-12H2. The van der Waals surface area contributed by atoms with Gasteiger partial charge in [0.05, 0.1) is 18.1 Å². The molecule has 0 spiro atoms. The monoisotopic (exact) mass is 448 g/mol. The predicted molar refractivity (Wildman–Crippen MR) is 106 cm³/mol. The SMILES string of the molecule is OC(c1cc(F)ccc1-n1nccn1)N1CCC2CN(c3cccc(C(F)(F)F)n3)C2C1. The molecule has 3 unspecified atom stereocenters. The van der Waals surface area contributed by atoms with Gasteiger partial charge >= 0.3 is 6.18 Å². The number of nitrogens with zero attached hydrogens (tertiary/aromatic N) is 6. The third-order valence-electron chi connectivity index (χ3n) is 6.15. The summed E-state index contributed by atoms with van der Waals surface area (Å²) in [5, 5.41) is 19.2. The van der Waals surface area contributed by atoms with Crippen molar-refractivity contribution in [3.8, 4) is 5.69 Å². The van der Waals surface area contributed by atoms with Crippen LogP contribution in [-0.4, -0.2) is 55.7 Å². The van der Waals surface area contributed by atoms with E-state index in [0.717, 1.165) is 12.5 Å². The molecule has 2 aliphatic rings. The Labute approximate surface area is 180 Å². The molecule has 4 heterocycles. The van der Waals surface area contributed by atoms with Gasteiger partial charge in [0, 0.05) is 31.2 Å². The van der Waals surface area contributed by atoms with E-state index < -0.39 is 23.9 Å². The number of hydrogen-bond acceptors (Lipinski definition) is 6. The molecular formula is C21H20F4N6O. The fourth-order valence-corrected chi connectivity index (χ4v) is 4.50. The van der Waals surface area contributed by atoms with Crippen LogP contribution in [0.4, 0.5) is 23.4 Å². The molecule has 0 bridgehead atoms. The summed E-state index contributed by atoms with van der Waals surface area (Å²) in [5.74, 6) is 0.0717. The van der Waals surface area contributed by atoms with Crippen LogP contribution >= 0.6 is 0 Å². The number of benzene rings is 1. The zero-order valence-electron chi connectivity index (χ0n) is 16.8. The van der Waals surface area contributed by atoms with Crippen LogP contribution in [0.5, 0.6) is 0 Å². The van der Waals surface area contributed by atoms with Crippen molar-refractivity contribution in [2.24, 2.45) is 5.92 Å². The molecule has 0 aliphatic carbocycles. The lowest BCUT2D eigenvalue weighted by molar-refractivity contribution is -0.141. The summed E-state index contributed by atoms with van der Waals surface area (Å²) in [6, 6.07) is 7.80. The normalized spacial score (nSPS) is 22.3. The fourth-order valence-electron chi connectivity index (χ4n) is 4.50. The van der Waals surface area contributed by atoms with E-state index in [0.29, 0.717) is 36.8 Å². The van der Waals surface area contributed by atoms with Crippen molar-refractivity contribution in [3.05, 3.63) is 65.9 Å². The van der Waals surface area contributed by atoms with Gasteiger partial charge in [0.25, 0.3) is 0 Å². The van der Waals surface area contributed by atoms with Crippen molar-refractivity contribution in [1.29, 1.82) is 0 Å². The Balaban J connectivity index is 1.38. The first-order valence-corrected chi connectivity index (χ1v) is 10.2. The zero-order valence-corrected chi connectivity index (χ0v) is 16.8. The predicted octanol–water partition coefficient (Wildman–Crippen LogP) is 3.02. The number of aromatic nitrogens is 4. The molecule has 0 radical (unpaired) electrons. The smallest absolute Gasteiger partial charge is 0.374 e. The van der Waals surface area contributed by atoms with Gasteiger partial charge in [-0.15, -0.1) is 0 Å². The molecule has 7 nitrogen and oxygen atoms in total. The number of aliphatic hydroxyl groups excluding tert-OH is 1. The number of pyridine rings is 1. The summed E-state index contributed by atoms with van der Waals surface area (Å²) in [5.41, 5.74) is -0.152. The zero-order chi connectivity index (χ0) is 22.5. The Bertz CT molecular complexity index is 1110. The number of fused-ring (bicyclic) bond motifs is 1. The highest BCUT2D eigenvalue weighted by Gasteiger charge is 2.45. The maximum atomic E-state index is 14.0. The van der Waals surface area contributed by atoms with Gasteiger partial charge in [-0.2, -0.15) is 28.2 Å². The molecule has 2 fully saturated rings. The van der Waals surface area contributed by atoms with E-state index in [1.165, 1.54) is 41.5 Å². The van der Waals surface area contributed by atoms with Gasteiger partial charge in [0.1, 0.15) is 23.6 Å². The lowest BCUT2D eigenvalue weighted by atomic mass is 9.82. The summed E-state index contributed by atoms with van der Waals surface area (Å²) in [6.45, 7) is 1.60. The number of rotatable bonds is 4. The summed E-state index contributed by atoms with van der Waals surface area (Å²) < 4.78 is 53.2. The Kier molecular flexibility index (Phi) is 5.09. The third-order valence-corrected chi connectivity index (χ3v) is 6.15. The summed E-state index contributed by atoms with van der Waals surface area (Å²) in [6.07, 6.45) is -1.89. The molecule has 11 heteroatoms. The minimum Gasteiger partial charge on any atom is -0.374 e. The fraction of sp³-hybridized carbons (Fsp3) is 0.381. The van der Waals surface area contributed by atoms with Gasteiger partial charge in [-0.05, 0) is 42.7 Å². The molecule has 168 valence electrons. The van der Waals surface area contributed by atoms with Crippen LogP contribution in [0.15, 0.2) is 48.8 Å². The molecule has 2 saturated heterocycles. The van der Waals surface area contributed by atoms with Crippen molar-refractivity contribution in [2.75, 3.05) is 24.5 Å². The Hall–Kier alpha value is -3.05. The number of halogens is 4. The number of piperidine rings is 1. The highest BCUT2D eigenvalue weighted by Crippen LogP contribution is 2.39. The van der Waals surface area contributed by atoms with E-state index in [9.17, 15) is 22.7 Å². The van der Waals surface area contributed by atoms with Crippen LogP contribution in [0, 0.1) is 11.7 Å². The van der Waals surface area contributed by atoms with Crippen molar-refractivity contribution in [2.45, 2.75) is 24.9 Å². The molecule has 5 rings (SSSR count). The lowest BCUT2D eigenvalue weighted by Crippen LogP contribution is -2.65. The van der Waals surface area contributed by atoms with E-state index in [1.54, 1.807) is 11.0 Å². The summed E-state index contributed by atoms with van der Waals surface area (Å²) >= 11 is 0. The molecular weight excluding hydrogens is 428 g/mol. The van der Waals surface area contributed by atoms with Crippen LogP contribution < -0.4 is 4.90 Å². The van der Waals surface area contributed by atoms with Gasteiger partial charge in [-0.1, -0.05) is 6.07 Å². The largest absolute Gasteiger partial charge is 0.433 e. The lowest BCUT2D eigenvalue weighted by Gasteiger charge is -2.54. The highest BCUT2D eigenvalue weighted by molar-refractivity contribution is 5.46. The van der Waals surface area contributed by atoms with Crippen molar-refractivity contribution < 1.29 is 22.7 Å². The Morgan fingerprint density at radius 1 is 1.06 bits per heavy atom. The summed E-state index contributed by atoms with van der Waals surface area (Å²) in [7, 11) is 0. The number of alkyl halides is 3. The van der Waals surface area contributed by atoms with Gasteiger partial charge in [0.2, 0.25) is 0 Å². The average Bonchev–Trinajstić information content (AvgIpc) is 3.28. The first-order valence-electron chi connectivity index (χ1n) is 10.2. The molecule has 32 heavy (non-hydrogen) atoms.